The van der Waals surface area contributed by atoms with E-state index in [1.54, 1.807) is 23.1 Å². The summed E-state index contributed by atoms with van der Waals surface area (Å²) in [6.45, 7) is 0.281. The smallest absolute Gasteiger partial charge is 0.262 e. The van der Waals surface area contributed by atoms with Crippen molar-refractivity contribution in [2.45, 2.75) is 6.10 Å². The van der Waals surface area contributed by atoms with E-state index in [1.807, 2.05) is 24.3 Å². The molecule has 27 heavy (non-hydrogen) atoms. The second-order valence-corrected chi connectivity index (χ2v) is 6.33. The fourth-order valence-electron chi connectivity index (χ4n) is 2.81. The van der Waals surface area contributed by atoms with E-state index in [0.717, 1.165) is 5.69 Å². The third-order valence-corrected chi connectivity index (χ3v) is 4.42. The number of nitrogens with one attached hydrogen (secondary N) is 2. The minimum absolute atomic E-state index is 0.0332. The molecule has 0 aliphatic carbocycles. The quantitative estimate of drug-likeness (QED) is 0.842. The monoisotopic (exact) mass is 384 g/mol. The van der Waals surface area contributed by atoms with Crippen molar-refractivity contribution >= 4 is 34.8 Å². The number of rotatable bonds is 4. The van der Waals surface area contributed by atoms with Crippen LogP contribution in [0.4, 0.5) is 11.4 Å². The topological polar surface area (TPSA) is 94.5 Å². The van der Waals surface area contributed by atoms with Crippen LogP contribution >= 0.6 is 11.6 Å². The molecular formula is C19H17ClN4O3. The Hall–Kier alpha value is -3.24. The predicted octanol–water partition coefficient (Wildman–Crippen LogP) is 2.16. The molecule has 7 nitrogen and oxygen atoms in total. The Kier molecular flexibility index (Phi) is 5.48. The maximum absolute atomic E-state index is 12.5. The molecule has 1 heterocycles. The van der Waals surface area contributed by atoms with Crippen LogP contribution in [0.2, 0.25) is 5.02 Å². The SMILES string of the molecule is CNC(=O)[C@H]1CN(CC(=O)Nc2ccc(C#N)c(Cl)c2)c2ccccc2O1. The summed E-state index contributed by atoms with van der Waals surface area (Å²) < 4.78 is 5.72. The standard InChI is InChI=1S/C19H17ClN4O3/c1-22-19(26)17-10-24(15-4-2-3-5-16(15)27-17)11-18(25)23-13-7-6-12(9-21)14(20)8-13/h2-8,17H,10-11H2,1H3,(H,22,26)(H,23,25)/t17-/m1/s1. The molecule has 2 aromatic rings. The van der Waals surface area contributed by atoms with E-state index in [0.29, 0.717) is 17.0 Å². The van der Waals surface area contributed by atoms with E-state index >= 15 is 0 Å². The van der Waals surface area contributed by atoms with Crippen LogP contribution in [0.5, 0.6) is 5.75 Å². The second kappa shape index (κ2) is 7.98. The summed E-state index contributed by atoms with van der Waals surface area (Å²) in [5, 5.41) is 14.5. The fourth-order valence-corrected chi connectivity index (χ4v) is 3.03. The van der Waals surface area contributed by atoms with Crippen LogP contribution in [0.3, 0.4) is 0 Å². The molecule has 0 saturated carbocycles. The molecule has 1 aliphatic rings. The second-order valence-electron chi connectivity index (χ2n) is 5.92. The van der Waals surface area contributed by atoms with Gasteiger partial charge in [0, 0.05) is 12.7 Å². The maximum atomic E-state index is 12.5. The minimum Gasteiger partial charge on any atom is -0.477 e. The first-order chi connectivity index (χ1) is 13.0. The highest BCUT2D eigenvalue weighted by atomic mass is 35.5. The summed E-state index contributed by atoms with van der Waals surface area (Å²) >= 11 is 6.00. The Bertz CT molecular complexity index is 925. The van der Waals surface area contributed by atoms with Crippen molar-refractivity contribution in [2.75, 3.05) is 30.4 Å². The van der Waals surface area contributed by atoms with Gasteiger partial charge in [-0.1, -0.05) is 23.7 Å². The van der Waals surface area contributed by atoms with E-state index in [4.69, 9.17) is 21.6 Å². The number of halogens is 1. The molecule has 138 valence electrons. The zero-order chi connectivity index (χ0) is 19.4. The minimum atomic E-state index is -0.706. The first kappa shape index (κ1) is 18.5. The molecule has 8 heteroatoms. The van der Waals surface area contributed by atoms with Crippen molar-refractivity contribution in [3.63, 3.8) is 0 Å². The highest BCUT2D eigenvalue weighted by molar-refractivity contribution is 6.32. The number of fused-ring (bicyclic) bond motifs is 1. The summed E-state index contributed by atoms with van der Waals surface area (Å²) in [6, 6.07) is 13.9. The fraction of sp³-hybridized carbons (Fsp3) is 0.211. The van der Waals surface area contributed by atoms with Crippen LogP contribution in [0.1, 0.15) is 5.56 Å². The Morgan fingerprint density at radius 2 is 2.11 bits per heavy atom. The van der Waals surface area contributed by atoms with Gasteiger partial charge < -0.3 is 20.3 Å². The molecule has 2 amide bonds. The highest BCUT2D eigenvalue weighted by Crippen LogP contribution is 2.33. The molecule has 0 radical (unpaired) electrons. The lowest BCUT2D eigenvalue weighted by Crippen LogP contribution is -2.50. The molecule has 0 saturated heterocycles. The van der Waals surface area contributed by atoms with Gasteiger partial charge in [0.1, 0.15) is 11.8 Å². The lowest BCUT2D eigenvalue weighted by Gasteiger charge is -2.35. The Labute approximate surface area is 161 Å². The average molecular weight is 385 g/mol. The van der Waals surface area contributed by atoms with E-state index < -0.39 is 6.10 Å². The van der Waals surface area contributed by atoms with E-state index in [1.165, 1.54) is 13.1 Å². The van der Waals surface area contributed by atoms with Crippen LogP contribution in [0.25, 0.3) is 0 Å². The molecule has 0 fully saturated rings. The normalized spacial score (nSPS) is 15.1. The lowest BCUT2D eigenvalue weighted by molar-refractivity contribution is -0.127. The van der Waals surface area contributed by atoms with Gasteiger partial charge in [0.25, 0.3) is 5.91 Å². The van der Waals surface area contributed by atoms with Gasteiger partial charge in [-0.2, -0.15) is 5.26 Å². The van der Waals surface area contributed by atoms with Crippen molar-refractivity contribution in [2.24, 2.45) is 0 Å². The van der Waals surface area contributed by atoms with E-state index in [9.17, 15) is 9.59 Å². The van der Waals surface area contributed by atoms with Gasteiger partial charge >= 0.3 is 0 Å². The first-order valence-electron chi connectivity index (χ1n) is 8.23. The molecule has 1 aliphatic heterocycles. The van der Waals surface area contributed by atoms with Gasteiger partial charge in [-0.3, -0.25) is 9.59 Å². The molecule has 0 aromatic heterocycles. The average Bonchev–Trinajstić information content (AvgIpc) is 2.67. The van der Waals surface area contributed by atoms with Crippen molar-refractivity contribution in [1.82, 2.24) is 5.32 Å². The number of carbonyl (C=O) groups is 2. The van der Waals surface area contributed by atoms with Gasteiger partial charge in [0.15, 0.2) is 6.10 Å². The molecule has 0 spiro atoms. The van der Waals surface area contributed by atoms with Gasteiger partial charge in [0.2, 0.25) is 5.91 Å². The molecule has 3 rings (SSSR count). The summed E-state index contributed by atoms with van der Waals surface area (Å²) in [6.07, 6.45) is -0.706. The zero-order valence-electron chi connectivity index (χ0n) is 14.5. The van der Waals surface area contributed by atoms with E-state index in [2.05, 4.69) is 10.6 Å². The van der Waals surface area contributed by atoms with Crippen LogP contribution in [0, 0.1) is 11.3 Å². The Balaban J connectivity index is 1.75. The molecular weight excluding hydrogens is 368 g/mol. The molecule has 2 aromatic carbocycles. The number of ether oxygens (including phenoxy) is 1. The number of anilines is 2. The number of carbonyl (C=O) groups excluding carboxylic acids is 2. The highest BCUT2D eigenvalue weighted by Gasteiger charge is 2.31. The predicted molar refractivity (Wildman–Crippen MR) is 102 cm³/mol. The van der Waals surface area contributed by atoms with Gasteiger partial charge in [-0.25, -0.2) is 0 Å². The number of nitrogens with zero attached hydrogens (tertiary/aromatic N) is 2. The van der Waals surface area contributed by atoms with Crippen LogP contribution in [-0.4, -0.2) is 38.1 Å². The summed E-state index contributed by atoms with van der Waals surface area (Å²) in [4.78, 5) is 26.3. The summed E-state index contributed by atoms with van der Waals surface area (Å²) in [5.74, 6) is 0.0171. The number of amides is 2. The number of hydrogen-bond acceptors (Lipinski definition) is 5. The number of para-hydroxylation sites is 2. The zero-order valence-corrected chi connectivity index (χ0v) is 15.3. The number of benzene rings is 2. The third kappa shape index (κ3) is 4.13. The Morgan fingerprint density at radius 3 is 2.81 bits per heavy atom. The third-order valence-electron chi connectivity index (χ3n) is 4.11. The Morgan fingerprint density at radius 1 is 1.33 bits per heavy atom. The first-order valence-corrected chi connectivity index (χ1v) is 8.61. The summed E-state index contributed by atoms with van der Waals surface area (Å²) in [5.41, 5.74) is 1.57. The largest absolute Gasteiger partial charge is 0.477 e. The molecule has 0 unspecified atom stereocenters. The summed E-state index contributed by atoms with van der Waals surface area (Å²) in [7, 11) is 1.54. The van der Waals surface area contributed by atoms with Crippen LogP contribution < -0.4 is 20.3 Å². The van der Waals surface area contributed by atoms with Crippen molar-refractivity contribution in [3.05, 3.63) is 53.1 Å². The lowest BCUT2D eigenvalue weighted by atomic mass is 10.1. The van der Waals surface area contributed by atoms with Gasteiger partial charge in [0.05, 0.1) is 29.4 Å². The van der Waals surface area contributed by atoms with E-state index in [-0.39, 0.29) is 29.9 Å². The molecule has 2 N–H and O–H groups in total. The van der Waals surface area contributed by atoms with Crippen LogP contribution in [0.15, 0.2) is 42.5 Å². The maximum Gasteiger partial charge on any atom is 0.262 e. The molecule has 0 bridgehead atoms. The number of nitriles is 1. The van der Waals surface area contributed by atoms with Gasteiger partial charge in [-0.15, -0.1) is 0 Å². The molecule has 1 atom stereocenters. The number of likely N-dealkylation sites (N-methyl/N-ethyl adjacent to an activating group) is 1. The van der Waals surface area contributed by atoms with Crippen molar-refractivity contribution < 1.29 is 14.3 Å². The van der Waals surface area contributed by atoms with Crippen molar-refractivity contribution in [1.29, 1.82) is 5.26 Å². The number of hydrogen-bond donors (Lipinski definition) is 2. The van der Waals surface area contributed by atoms with Crippen LogP contribution in [-0.2, 0) is 9.59 Å². The van der Waals surface area contributed by atoms with Gasteiger partial charge in [-0.05, 0) is 30.3 Å². The van der Waals surface area contributed by atoms with Crippen molar-refractivity contribution in [3.8, 4) is 11.8 Å².